The van der Waals surface area contributed by atoms with Crippen LogP contribution in [0.1, 0.15) is 16.7 Å². The second kappa shape index (κ2) is 4.41. The molecule has 0 saturated carbocycles. The van der Waals surface area contributed by atoms with E-state index in [4.69, 9.17) is 5.73 Å². The van der Waals surface area contributed by atoms with Gasteiger partial charge in [0.05, 0.1) is 18.4 Å². The third-order valence-electron chi connectivity index (χ3n) is 2.84. The molecule has 0 fully saturated rings. The van der Waals surface area contributed by atoms with Crippen molar-refractivity contribution in [2.45, 2.75) is 20.4 Å². The van der Waals surface area contributed by atoms with Gasteiger partial charge in [-0.1, -0.05) is 18.2 Å². The summed E-state index contributed by atoms with van der Waals surface area (Å²) in [6.07, 6.45) is 1.50. The lowest BCUT2D eigenvalue weighted by Gasteiger charge is -2.10. The Hall–Kier alpha value is -2.10. The zero-order valence-electron chi connectivity index (χ0n) is 9.97. The van der Waals surface area contributed by atoms with Crippen LogP contribution < -0.4 is 11.3 Å². The summed E-state index contributed by atoms with van der Waals surface area (Å²) in [6, 6.07) is 7.46. The first-order valence-corrected chi connectivity index (χ1v) is 5.45. The molecular weight excluding hydrogens is 214 g/mol. The molecule has 88 valence electrons. The van der Waals surface area contributed by atoms with Crippen molar-refractivity contribution in [2.75, 3.05) is 5.73 Å². The number of nitrogen functional groups attached to an aromatic ring is 1. The van der Waals surface area contributed by atoms with Crippen LogP contribution in [0.25, 0.3) is 0 Å². The minimum absolute atomic E-state index is 0.173. The van der Waals surface area contributed by atoms with Crippen LogP contribution in [0, 0.1) is 13.8 Å². The molecule has 0 bridgehead atoms. The summed E-state index contributed by atoms with van der Waals surface area (Å²) < 4.78 is 1.42. The van der Waals surface area contributed by atoms with Gasteiger partial charge in [0.2, 0.25) is 0 Å². The van der Waals surface area contributed by atoms with Crippen molar-refractivity contribution in [3.63, 3.8) is 0 Å². The molecule has 0 aliphatic rings. The van der Waals surface area contributed by atoms with Crippen LogP contribution in [0.5, 0.6) is 0 Å². The van der Waals surface area contributed by atoms with E-state index in [1.807, 2.05) is 32.0 Å². The van der Waals surface area contributed by atoms with Crippen LogP contribution in [0.3, 0.4) is 0 Å². The number of aryl methyl sites for hydroxylation is 2. The first kappa shape index (κ1) is 11.4. The van der Waals surface area contributed by atoms with Gasteiger partial charge in [-0.25, -0.2) is 4.68 Å². The summed E-state index contributed by atoms with van der Waals surface area (Å²) >= 11 is 0. The number of nitrogens with zero attached hydrogens (tertiary/aromatic N) is 2. The molecule has 0 amide bonds. The molecular formula is C13H15N3O. The fourth-order valence-corrected chi connectivity index (χ4v) is 1.81. The van der Waals surface area contributed by atoms with E-state index in [0.717, 1.165) is 16.7 Å². The van der Waals surface area contributed by atoms with E-state index in [9.17, 15) is 4.79 Å². The van der Waals surface area contributed by atoms with Gasteiger partial charge in [0.1, 0.15) is 0 Å². The van der Waals surface area contributed by atoms with Crippen molar-refractivity contribution in [1.82, 2.24) is 9.78 Å². The number of nitrogens with two attached hydrogens (primary N) is 1. The highest BCUT2D eigenvalue weighted by molar-refractivity contribution is 5.34. The molecule has 0 aliphatic carbocycles. The van der Waals surface area contributed by atoms with Gasteiger partial charge in [0.25, 0.3) is 5.56 Å². The smallest absolute Gasteiger partial charge is 0.269 e. The van der Waals surface area contributed by atoms with E-state index in [0.29, 0.717) is 12.2 Å². The average molecular weight is 229 g/mol. The van der Waals surface area contributed by atoms with Gasteiger partial charge in [0, 0.05) is 6.07 Å². The van der Waals surface area contributed by atoms with Crippen LogP contribution in [-0.4, -0.2) is 9.78 Å². The lowest BCUT2D eigenvalue weighted by Crippen LogP contribution is -2.23. The Kier molecular flexibility index (Phi) is 2.95. The van der Waals surface area contributed by atoms with Crippen LogP contribution in [0.15, 0.2) is 35.3 Å². The molecule has 2 rings (SSSR count). The summed E-state index contributed by atoms with van der Waals surface area (Å²) in [5.74, 6) is 0. The van der Waals surface area contributed by atoms with E-state index in [-0.39, 0.29) is 5.56 Å². The maximum atomic E-state index is 11.7. The fourth-order valence-electron chi connectivity index (χ4n) is 1.81. The van der Waals surface area contributed by atoms with Crippen molar-refractivity contribution in [2.24, 2.45) is 0 Å². The number of hydrogen-bond donors (Lipinski definition) is 1. The van der Waals surface area contributed by atoms with Crippen LogP contribution >= 0.6 is 0 Å². The Morgan fingerprint density at radius 3 is 2.53 bits per heavy atom. The Labute approximate surface area is 99.7 Å². The normalized spacial score (nSPS) is 10.5. The minimum Gasteiger partial charge on any atom is -0.397 e. The molecule has 1 aromatic heterocycles. The zero-order chi connectivity index (χ0) is 12.4. The number of rotatable bonds is 2. The van der Waals surface area contributed by atoms with Gasteiger partial charge in [-0.15, -0.1) is 0 Å². The van der Waals surface area contributed by atoms with Crippen LogP contribution in [0.2, 0.25) is 0 Å². The molecule has 0 saturated heterocycles. The largest absolute Gasteiger partial charge is 0.397 e. The molecule has 1 aromatic carbocycles. The molecule has 4 nitrogen and oxygen atoms in total. The molecule has 0 unspecified atom stereocenters. The highest BCUT2D eigenvalue weighted by atomic mass is 16.1. The van der Waals surface area contributed by atoms with Gasteiger partial charge in [-0.2, -0.15) is 5.10 Å². The summed E-state index contributed by atoms with van der Waals surface area (Å²) in [7, 11) is 0. The summed E-state index contributed by atoms with van der Waals surface area (Å²) in [5, 5.41) is 4.03. The van der Waals surface area contributed by atoms with Gasteiger partial charge in [-0.3, -0.25) is 4.79 Å². The monoisotopic (exact) mass is 229 g/mol. The Bertz CT molecular complexity index is 582. The lowest BCUT2D eigenvalue weighted by atomic mass is 10.0. The maximum Gasteiger partial charge on any atom is 0.269 e. The SMILES string of the molecule is Cc1cccc(C)c1Cn1ncc(N)cc1=O. The topological polar surface area (TPSA) is 60.9 Å². The standard InChI is InChI=1S/C13H15N3O/c1-9-4-3-5-10(2)12(9)8-16-13(17)6-11(14)7-15-16/h3-7H,8,14H2,1-2H3. The van der Waals surface area contributed by atoms with E-state index in [1.165, 1.54) is 16.9 Å². The second-order valence-corrected chi connectivity index (χ2v) is 4.16. The van der Waals surface area contributed by atoms with E-state index in [1.54, 1.807) is 0 Å². The number of aromatic nitrogens is 2. The van der Waals surface area contributed by atoms with Crippen LogP contribution in [0.4, 0.5) is 5.69 Å². The van der Waals surface area contributed by atoms with Gasteiger partial charge >= 0.3 is 0 Å². The summed E-state index contributed by atoms with van der Waals surface area (Å²) in [6.45, 7) is 4.55. The van der Waals surface area contributed by atoms with Crippen molar-refractivity contribution in [3.05, 3.63) is 57.5 Å². The Morgan fingerprint density at radius 1 is 1.29 bits per heavy atom. The summed E-state index contributed by atoms with van der Waals surface area (Å²) in [4.78, 5) is 11.7. The molecule has 0 atom stereocenters. The average Bonchev–Trinajstić information content (AvgIpc) is 2.26. The van der Waals surface area contributed by atoms with Crippen molar-refractivity contribution < 1.29 is 0 Å². The lowest BCUT2D eigenvalue weighted by molar-refractivity contribution is 0.636. The van der Waals surface area contributed by atoms with Crippen molar-refractivity contribution >= 4 is 5.69 Å². The zero-order valence-corrected chi connectivity index (χ0v) is 9.97. The summed E-state index contributed by atoms with van der Waals surface area (Å²) in [5.41, 5.74) is 9.18. The first-order valence-electron chi connectivity index (χ1n) is 5.45. The van der Waals surface area contributed by atoms with Crippen LogP contribution in [-0.2, 0) is 6.54 Å². The predicted molar refractivity (Wildman–Crippen MR) is 67.9 cm³/mol. The Balaban J connectivity index is 2.42. The van der Waals surface area contributed by atoms with Crippen molar-refractivity contribution in [3.8, 4) is 0 Å². The molecule has 0 spiro atoms. The van der Waals surface area contributed by atoms with E-state index in [2.05, 4.69) is 5.10 Å². The first-order chi connectivity index (χ1) is 8.08. The van der Waals surface area contributed by atoms with E-state index < -0.39 is 0 Å². The number of hydrogen-bond acceptors (Lipinski definition) is 3. The fraction of sp³-hybridized carbons (Fsp3) is 0.231. The molecule has 1 heterocycles. The van der Waals surface area contributed by atoms with Gasteiger partial charge in [-0.05, 0) is 30.5 Å². The molecule has 0 radical (unpaired) electrons. The quantitative estimate of drug-likeness (QED) is 0.848. The molecule has 2 N–H and O–H groups in total. The Morgan fingerprint density at radius 2 is 1.94 bits per heavy atom. The molecule has 17 heavy (non-hydrogen) atoms. The highest BCUT2D eigenvalue weighted by Gasteiger charge is 2.05. The molecule has 0 aliphatic heterocycles. The van der Waals surface area contributed by atoms with Crippen molar-refractivity contribution in [1.29, 1.82) is 0 Å². The number of benzene rings is 1. The minimum atomic E-state index is -0.173. The van der Waals surface area contributed by atoms with Gasteiger partial charge < -0.3 is 5.73 Å². The second-order valence-electron chi connectivity index (χ2n) is 4.16. The third-order valence-corrected chi connectivity index (χ3v) is 2.84. The van der Waals surface area contributed by atoms with Gasteiger partial charge in [0.15, 0.2) is 0 Å². The molecule has 2 aromatic rings. The highest BCUT2D eigenvalue weighted by Crippen LogP contribution is 2.13. The maximum absolute atomic E-state index is 11.7. The number of anilines is 1. The van der Waals surface area contributed by atoms with E-state index >= 15 is 0 Å². The third kappa shape index (κ3) is 2.36. The predicted octanol–water partition coefficient (Wildman–Crippen LogP) is 1.49. The molecule has 4 heteroatoms.